The van der Waals surface area contributed by atoms with Gasteiger partial charge in [0.2, 0.25) is 17.9 Å². The molecule has 1 atom stereocenters. The number of amides is 1. The predicted octanol–water partition coefficient (Wildman–Crippen LogP) is 2.20. The number of aromatic nitrogens is 2. The van der Waals surface area contributed by atoms with Crippen LogP contribution in [0.15, 0.2) is 22.0 Å². The predicted molar refractivity (Wildman–Crippen MR) is 108 cm³/mol. The van der Waals surface area contributed by atoms with Crippen molar-refractivity contribution in [3.8, 4) is 17.7 Å². The van der Waals surface area contributed by atoms with Gasteiger partial charge in [0.25, 0.3) is 11.5 Å². The van der Waals surface area contributed by atoms with E-state index >= 15 is 0 Å². The number of anilines is 1. The number of benzene rings is 1. The molecule has 2 heterocycles. The summed E-state index contributed by atoms with van der Waals surface area (Å²) in [6, 6.07) is 3.09. The van der Waals surface area contributed by atoms with Crippen LogP contribution < -0.4 is 20.6 Å². The number of nitrogens with zero attached hydrogens (tertiary/aromatic N) is 4. The maximum Gasteiger partial charge on any atom is 0.420 e. The summed E-state index contributed by atoms with van der Waals surface area (Å²) in [5, 5.41) is 30.7. The molecule has 0 fully saturated rings. The first-order valence-electron chi connectivity index (χ1n) is 9.56. The number of carbonyl (C=O) groups is 1. The highest BCUT2D eigenvalue weighted by molar-refractivity contribution is 6.45. The minimum absolute atomic E-state index is 0.195. The van der Waals surface area contributed by atoms with Crippen LogP contribution in [0.2, 0.25) is 5.02 Å². The molecule has 0 bridgehead atoms. The Morgan fingerprint density at radius 2 is 1.94 bits per heavy atom. The maximum absolute atomic E-state index is 13.9. The molecular weight excluding hydrogens is 469 g/mol. The highest BCUT2D eigenvalue weighted by Gasteiger charge is 2.38. The number of rotatable bonds is 3. The number of carbonyl (C=O) groups excluding carboxylic acids is 1. The van der Waals surface area contributed by atoms with Crippen molar-refractivity contribution in [2.75, 3.05) is 5.01 Å². The number of alkyl halides is 3. The zero-order valence-electron chi connectivity index (χ0n) is 16.5. The number of aromatic amines is 1. The second-order valence-corrected chi connectivity index (χ2v) is 7.59. The average molecular weight is 483 g/mol. The number of aliphatic hydroxyl groups excluding tert-OH is 1. The number of hydrogen-bond donors (Lipinski definition) is 3. The molecule has 2 aromatic rings. The molecule has 0 saturated heterocycles. The molecule has 2 aliphatic rings. The van der Waals surface area contributed by atoms with E-state index in [1.807, 2.05) is 5.32 Å². The van der Waals surface area contributed by atoms with Gasteiger partial charge in [-0.1, -0.05) is 11.6 Å². The molecule has 0 spiro atoms. The summed E-state index contributed by atoms with van der Waals surface area (Å²) in [4.78, 5) is 23.6. The number of nitrogens with one attached hydrogen (secondary N) is 2. The van der Waals surface area contributed by atoms with E-state index in [0.29, 0.717) is 41.5 Å². The number of H-pyrrole nitrogens is 1. The van der Waals surface area contributed by atoms with Crippen molar-refractivity contribution in [3.05, 3.63) is 44.2 Å². The molecule has 172 valence electrons. The minimum Gasteiger partial charge on any atom is -0.435 e. The quantitative estimate of drug-likeness (QED) is 0.608. The van der Waals surface area contributed by atoms with Gasteiger partial charge in [0.15, 0.2) is 5.75 Å². The minimum atomic E-state index is -4.96. The summed E-state index contributed by atoms with van der Waals surface area (Å²) in [6.45, 7) is 0. The number of aliphatic hydroxyl groups is 1. The van der Waals surface area contributed by atoms with Crippen LogP contribution in [0.3, 0.4) is 0 Å². The van der Waals surface area contributed by atoms with Crippen LogP contribution in [0.5, 0.6) is 11.6 Å². The zero-order valence-corrected chi connectivity index (χ0v) is 17.3. The van der Waals surface area contributed by atoms with Crippen LogP contribution in [0.25, 0.3) is 0 Å². The third kappa shape index (κ3) is 4.22. The van der Waals surface area contributed by atoms with Gasteiger partial charge in [-0.25, -0.2) is 10.1 Å². The summed E-state index contributed by atoms with van der Waals surface area (Å²) < 4.78 is 47.3. The second kappa shape index (κ2) is 8.38. The molecular formula is C19H14ClF3N6O4. The fourth-order valence-electron chi connectivity index (χ4n) is 3.56. The Morgan fingerprint density at radius 3 is 2.61 bits per heavy atom. The zero-order chi connectivity index (χ0) is 23.9. The van der Waals surface area contributed by atoms with Crippen LogP contribution in [0, 0.1) is 11.3 Å². The van der Waals surface area contributed by atoms with Gasteiger partial charge in [-0.3, -0.25) is 9.59 Å². The summed E-state index contributed by atoms with van der Waals surface area (Å²) in [5.74, 6) is -1.95. The van der Waals surface area contributed by atoms with Crippen molar-refractivity contribution >= 4 is 28.9 Å². The molecule has 0 radical (unpaired) electrons. The Bertz CT molecular complexity index is 1270. The maximum atomic E-state index is 13.9. The van der Waals surface area contributed by atoms with Gasteiger partial charge in [0.1, 0.15) is 11.6 Å². The van der Waals surface area contributed by atoms with Crippen LogP contribution in [0.1, 0.15) is 29.5 Å². The Hall–Kier alpha value is -3.63. The average Bonchev–Trinajstić information content (AvgIpc) is 2.76. The monoisotopic (exact) mass is 482 g/mol. The molecule has 1 aromatic heterocycles. The Kier molecular flexibility index (Phi) is 5.73. The van der Waals surface area contributed by atoms with E-state index in [-0.39, 0.29) is 11.6 Å². The molecule has 33 heavy (non-hydrogen) atoms. The lowest BCUT2D eigenvalue weighted by Crippen LogP contribution is -2.53. The van der Waals surface area contributed by atoms with Crippen molar-refractivity contribution in [1.29, 1.82) is 5.26 Å². The van der Waals surface area contributed by atoms with E-state index in [1.54, 1.807) is 0 Å². The molecule has 4 rings (SSSR count). The fraction of sp³-hybridized carbons (Fsp3) is 0.316. The smallest absolute Gasteiger partial charge is 0.420 e. The van der Waals surface area contributed by atoms with Crippen molar-refractivity contribution in [2.24, 2.45) is 5.10 Å². The normalized spacial score (nSPS) is 18.2. The van der Waals surface area contributed by atoms with Crippen LogP contribution in [0.4, 0.5) is 18.9 Å². The molecule has 1 amide bonds. The number of hydrazone groups is 1. The van der Waals surface area contributed by atoms with Gasteiger partial charge < -0.3 is 15.2 Å². The lowest BCUT2D eigenvalue weighted by Gasteiger charge is -2.30. The van der Waals surface area contributed by atoms with Gasteiger partial charge in [-0.2, -0.15) is 23.5 Å². The molecule has 1 aromatic carbocycles. The number of halogens is 4. The molecule has 1 aliphatic heterocycles. The van der Waals surface area contributed by atoms with E-state index in [0.717, 1.165) is 12.5 Å². The van der Waals surface area contributed by atoms with Gasteiger partial charge in [-0.15, -0.1) is 5.10 Å². The van der Waals surface area contributed by atoms with Crippen molar-refractivity contribution < 1.29 is 27.8 Å². The lowest BCUT2D eigenvalue weighted by atomic mass is 9.94. The van der Waals surface area contributed by atoms with Gasteiger partial charge >= 0.3 is 6.18 Å². The number of hydrogen-bond acceptors (Lipinski definition) is 8. The van der Waals surface area contributed by atoms with E-state index < -0.39 is 46.0 Å². The first kappa shape index (κ1) is 22.6. The highest BCUT2D eigenvalue weighted by Crippen LogP contribution is 2.45. The summed E-state index contributed by atoms with van der Waals surface area (Å²) in [6.07, 6.45) is -4.48. The second-order valence-electron chi connectivity index (χ2n) is 7.18. The van der Waals surface area contributed by atoms with Crippen LogP contribution in [-0.4, -0.2) is 33.3 Å². The molecule has 3 N–H and O–H groups in total. The summed E-state index contributed by atoms with van der Waals surface area (Å²) in [7, 11) is 0. The first-order valence-corrected chi connectivity index (χ1v) is 9.94. The van der Waals surface area contributed by atoms with Gasteiger partial charge in [0.05, 0.1) is 10.7 Å². The third-order valence-electron chi connectivity index (χ3n) is 5.08. The number of nitriles is 1. The molecule has 14 heteroatoms. The van der Waals surface area contributed by atoms with E-state index in [1.165, 1.54) is 6.07 Å². The molecule has 1 unspecified atom stereocenters. The summed E-state index contributed by atoms with van der Waals surface area (Å²) >= 11 is 6.14. The van der Waals surface area contributed by atoms with Crippen LogP contribution >= 0.6 is 11.6 Å². The number of fused-ring (bicyclic) bond motifs is 1. The Balaban J connectivity index is 1.82. The molecule has 1 aliphatic carbocycles. The molecule has 10 nitrogen and oxygen atoms in total. The van der Waals surface area contributed by atoms with E-state index in [2.05, 4.69) is 15.3 Å². The van der Waals surface area contributed by atoms with E-state index in [9.17, 15) is 27.9 Å². The Morgan fingerprint density at radius 1 is 1.24 bits per heavy atom. The highest BCUT2D eigenvalue weighted by atomic mass is 35.5. The van der Waals surface area contributed by atoms with Crippen molar-refractivity contribution in [3.63, 3.8) is 0 Å². The van der Waals surface area contributed by atoms with Gasteiger partial charge in [0, 0.05) is 11.1 Å². The van der Waals surface area contributed by atoms with Crippen molar-refractivity contribution in [1.82, 2.24) is 15.5 Å². The standard InChI is InChI=1S/C19H14ClF3N6O4/c20-12-6-8(29-18(32)25-16(31)13(7-24)28-29)5-11(19(21,22)23)14(12)33-17-10-4-2-1-3-9(10)15(30)26-27-17/h5-6,18,32H,1-4H2,(H,25,31)(H,26,30). The largest absolute Gasteiger partial charge is 0.435 e. The lowest BCUT2D eigenvalue weighted by molar-refractivity contribution is -0.138. The third-order valence-corrected chi connectivity index (χ3v) is 5.36. The summed E-state index contributed by atoms with van der Waals surface area (Å²) in [5.41, 5.74) is -1.97. The SMILES string of the molecule is N#CC1=NN(c2cc(Cl)c(Oc3n[nH]c(=O)c4c3CCCC4)c(C(F)(F)F)c2)C(O)NC1=O. The Labute approximate surface area is 188 Å². The van der Waals surface area contributed by atoms with Gasteiger partial charge in [-0.05, 0) is 37.8 Å². The number of ether oxygens (including phenoxy) is 1. The van der Waals surface area contributed by atoms with Crippen LogP contribution in [-0.2, 0) is 23.8 Å². The fourth-order valence-corrected chi connectivity index (χ4v) is 3.81. The first-order chi connectivity index (χ1) is 15.6. The van der Waals surface area contributed by atoms with E-state index in [4.69, 9.17) is 21.6 Å². The van der Waals surface area contributed by atoms with Crippen molar-refractivity contribution in [2.45, 2.75) is 38.2 Å². The topological polar surface area (TPSA) is 144 Å². The molecule has 0 saturated carbocycles.